The molecule has 3 atom stereocenters. The number of rotatable bonds is 12. The van der Waals surface area contributed by atoms with Crippen molar-refractivity contribution in [2.75, 3.05) is 27.3 Å². The van der Waals surface area contributed by atoms with Crippen molar-refractivity contribution >= 4 is 21.9 Å². The van der Waals surface area contributed by atoms with Crippen LogP contribution >= 0.6 is 0 Å². The van der Waals surface area contributed by atoms with Crippen molar-refractivity contribution in [3.05, 3.63) is 65.5 Å². The first-order chi connectivity index (χ1) is 18.0. The second-order valence-electron chi connectivity index (χ2n) is 9.36. The third-order valence-corrected chi connectivity index (χ3v) is 6.55. The normalized spacial score (nSPS) is 19.7. The van der Waals surface area contributed by atoms with Gasteiger partial charge >= 0.3 is 0 Å². The first-order valence-electron chi connectivity index (χ1n) is 12.0. The van der Waals surface area contributed by atoms with Crippen molar-refractivity contribution in [1.82, 2.24) is 9.96 Å². The van der Waals surface area contributed by atoms with E-state index in [0.29, 0.717) is 22.8 Å². The standard InChI is InChI=1S/C26H33FN2O8S/c1-17(2)14-22-25(30)29(36-16-34-3)26(31)23(28(22)15-18-10-12-19(35-4)13-11-18)24(37-38(5,32)33)20-8-6-7-9-21(20)27/h6-13,17,22-24H,14-16H2,1-5H3. The van der Waals surface area contributed by atoms with Crippen LogP contribution in [0.1, 0.15) is 37.5 Å². The largest absolute Gasteiger partial charge is 0.497 e. The molecule has 3 unspecified atom stereocenters. The molecule has 1 heterocycles. The van der Waals surface area contributed by atoms with Gasteiger partial charge in [-0.3, -0.25) is 18.7 Å². The number of amides is 2. The smallest absolute Gasteiger partial charge is 0.274 e. The van der Waals surface area contributed by atoms with Crippen LogP contribution in [0.25, 0.3) is 0 Å². The quantitative estimate of drug-likeness (QED) is 0.223. The average Bonchev–Trinajstić information content (AvgIpc) is 2.85. The van der Waals surface area contributed by atoms with Gasteiger partial charge in [0.2, 0.25) is 0 Å². The molecule has 2 aromatic carbocycles. The minimum atomic E-state index is -4.19. The van der Waals surface area contributed by atoms with E-state index in [4.69, 9.17) is 18.5 Å². The minimum Gasteiger partial charge on any atom is -0.497 e. The van der Waals surface area contributed by atoms with Gasteiger partial charge in [0.25, 0.3) is 21.9 Å². The number of nitrogens with zero attached hydrogens (tertiary/aromatic N) is 2. The Morgan fingerprint density at radius 3 is 2.21 bits per heavy atom. The SMILES string of the molecule is COCON1C(=O)C(CC(C)C)N(Cc2ccc(OC)cc2)C(C(OS(C)(=O)=O)c2ccccc2F)C1=O. The Kier molecular flexibility index (Phi) is 9.96. The summed E-state index contributed by atoms with van der Waals surface area (Å²) in [5.41, 5.74) is 0.559. The molecule has 2 amide bonds. The molecule has 10 nitrogen and oxygen atoms in total. The van der Waals surface area contributed by atoms with Gasteiger partial charge < -0.3 is 9.47 Å². The highest BCUT2D eigenvalue weighted by atomic mass is 32.2. The van der Waals surface area contributed by atoms with E-state index >= 15 is 4.39 Å². The lowest BCUT2D eigenvalue weighted by molar-refractivity contribution is -0.237. The number of hydrogen-bond acceptors (Lipinski definition) is 9. The number of carbonyl (C=O) groups is 2. The predicted octanol–water partition coefficient (Wildman–Crippen LogP) is 3.04. The summed E-state index contributed by atoms with van der Waals surface area (Å²) < 4.78 is 55.3. The Bertz CT molecular complexity index is 1220. The van der Waals surface area contributed by atoms with Gasteiger partial charge in [-0.15, -0.1) is 5.06 Å². The van der Waals surface area contributed by atoms with Gasteiger partial charge in [0, 0.05) is 19.2 Å². The van der Waals surface area contributed by atoms with Gasteiger partial charge in [0.15, 0.2) is 6.79 Å². The molecule has 1 aliphatic heterocycles. The molecule has 12 heteroatoms. The number of benzene rings is 2. The van der Waals surface area contributed by atoms with Crippen LogP contribution in [0.2, 0.25) is 0 Å². The van der Waals surface area contributed by atoms with E-state index in [2.05, 4.69) is 0 Å². The van der Waals surface area contributed by atoms with Crippen LogP contribution in [0.4, 0.5) is 4.39 Å². The molecule has 1 aliphatic rings. The number of imide groups is 1. The van der Waals surface area contributed by atoms with Crippen molar-refractivity contribution < 1.29 is 40.9 Å². The molecule has 0 saturated carbocycles. The summed E-state index contributed by atoms with van der Waals surface area (Å²) in [4.78, 5) is 34.3. The van der Waals surface area contributed by atoms with E-state index in [9.17, 15) is 18.0 Å². The van der Waals surface area contributed by atoms with Crippen LogP contribution in [-0.2, 0) is 40.0 Å². The van der Waals surface area contributed by atoms with Crippen LogP contribution in [0.5, 0.6) is 5.75 Å². The van der Waals surface area contributed by atoms with Crippen LogP contribution in [-0.4, -0.2) is 69.5 Å². The van der Waals surface area contributed by atoms with Crippen LogP contribution in [0.15, 0.2) is 48.5 Å². The lowest BCUT2D eigenvalue weighted by Gasteiger charge is -2.46. The highest BCUT2D eigenvalue weighted by Crippen LogP contribution is 2.36. The van der Waals surface area contributed by atoms with Gasteiger partial charge in [-0.2, -0.15) is 8.42 Å². The monoisotopic (exact) mass is 552 g/mol. The third kappa shape index (κ3) is 7.14. The molecule has 0 radical (unpaired) electrons. The number of hydroxylamine groups is 2. The zero-order chi connectivity index (χ0) is 28.0. The first-order valence-corrected chi connectivity index (χ1v) is 13.8. The highest BCUT2D eigenvalue weighted by molar-refractivity contribution is 7.86. The van der Waals surface area contributed by atoms with Crippen LogP contribution < -0.4 is 4.74 Å². The predicted molar refractivity (Wildman–Crippen MR) is 135 cm³/mol. The van der Waals surface area contributed by atoms with Gasteiger partial charge in [-0.05, 0) is 36.1 Å². The maximum atomic E-state index is 15.1. The number of halogens is 1. The molecule has 0 N–H and O–H groups in total. The zero-order valence-corrected chi connectivity index (χ0v) is 22.8. The highest BCUT2D eigenvalue weighted by Gasteiger charge is 2.52. The van der Waals surface area contributed by atoms with Gasteiger partial charge in [0.1, 0.15) is 23.7 Å². The number of piperazine rings is 1. The maximum Gasteiger partial charge on any atom is 0.274 e. The number of methoxy groups -OCH3 is 2. The van der Waals surface area contributed by atoms with E-state index < -0.39 is 52.7 Å². The van der Waals surface area contributed by atoms with Crippen LogP contribution in [0.3, 0.4) is 0 Å². The molecule has 1 saturated heterocycles. The van der Waals surface area contributed by atoms with Crippen molar-refractivity contribution in [1.29, 1.82) is 0 Å². The summed E-state index contributed by atoms with van der Waals surface area (Å²) in [5.74, 6) is -1.70. The Hall–Kier alpha value is -2.90. The molecule has 3 rings (SSSR count). The Labute approximate surface area is 222 Å². The van der Waals surface area contributed by atoms with Gasteiger partial charge in [0.05, 0.1) is 19.4 Å². The summed E-state index contributed by atoms with van der Waals surface area (Å²) in [6.07, 6.45) is -0.500. The Morgan fingerprint density at radius 2 is 1.66 bits per heavy atom. The van der Waals surface area contributed by atoms with Crippen molar-refractivity contribution in [2.45, 2.75) is 45.0 Å². The summed E-state index contributed by atoms with van der Waals surface area (Å²) in [7, 11) is -1.33. The molecular formula is C26H33FN2O8S. The second kappa shape index (κ2) is 12.8. The molecule has 2 aromatic rings. The van der Waals surface area contributed by atoms with Crippen molar-refractivity contribution in [2.24, 2.45) is 5.92 Å². The van der Waals surface area contributed by atoms with E-state index in [0.717, 1.165) is 12.3 Å². The summed E-state index contributed by atoms with van der Waals surface area (Å²) in [6.45, 7) is 3.46. The summed E-state index contributed by atoms with van der Waals surface area (Å²) in [6, 6.07) is 10.1. The number of carbonyl (C=O) groups excluding carboxylic acids is 2. The number of ether oxygens (including phenoxy) is 2. The van der Waals surface area contributed by atoms with E-state index in [1.54, 1.807) is 29.2 Å². The van der Waals surface area contributed by atoms with Gasteiger partial charge in [-0.1, -0.05) is 44.2 Å². The third-order valence-electron chi connectivity index (χ3n) is 5.99. The fraction of sp³-hybridized carbons (Fsp3) is 0.462. The molecular weight excluding hydrogens is 519 g/mol. The summed E-state index contributed by atoms with van der Waals surface area (Å²) in [5, 5.41) is 0.575. The lowest BCUT2D eigenvalue weighted by Crippen LogP contribution is -2.66. The summed E-state index contributed by atoms with van der Waals surface area (Å²) >= 11 is 0. The molecule has 0 spiro atoms. The van der Waals surface area contributed by atoms with E-state index in [1.165, 1.54) is 32.4 Å². The molecule has 38 heavy (non-hydrogen) atoms. The molecule has 0 aliphatic carbocycles. The fourth-order valence-corrected chi connectivity index (χ4v) is 4.96. The first kappa shape index (κ1) is 29.7. The molecule has 0 bridgehead atoms. The van der Waals surface area contributed by atoms with Crippen molar-refractivity contribution in [3.63, 3.8) is 0 Å². The Morgan fingerprint density at radius 1 is 1.00 bits per heavy atom. The fourth-order valence-electron chi connectivity index (χ4n) is 4.38. The van der Waals surface area contributed by atoms with Crippen molar-refractivity contribution in [3.8, 4) is 5.75 Å². The molecule has 0 aromatic heterocycles. The number of hydrogen-bond donors (Lipinski definition) is 0. The average molecular weight is 553 g/mol. The Balaban J connectivity index is 2.21. The zero-order valence-electron chi connectivity index (χ0n) is 22.0. The maximum absolute atomic E-state index is 15.1. The molecule has 208 valence electrons. The van der Waals surface area contributed by atoms with E-state index in [1.807, 2.05) is 13.8 Å². The molecule has 1 fully saturated rings. The minimum absolute atomic E-state index is 0.00295. The van der Waals surface area contributed by atoms with E-state index in [-0.39, 0.29) is 18.0 Å². The van der Waals surface area contributed by atoms with Crippen LogP contribution in [0, 0.1) is 11.7 Å². The van der Waals surface area contributed by atoms with Gasteiger partial charge in [-0.25, -0.2) is 9.23 Å². The second-order valence-corrected chi connectivity index (χ2v) is 11.0. The lowest BCUT2D eigenvalue weighted by atomic mass is 9.91. The topological polar surface area (TPSA) is 112 Å².